The minimum absolute atomic E-state index is 0.132. The molecule has 0 unspecified atom stereocenters. The number of nitrogens with one attached hydrogen (secondary N) is 1. The molecule has 0 saturated carbocycles. The Morgan fingerprint density at radius 1 is 1.00 bits per heavy atom. The second kappa shape index (κ2) is 12.1. The van der Waals surface area contributed by atoms with Crippen LogP contribution < -0.4 is 4.72 Å². The van der Waals surface area contributed by atoms with Crippen molar-refractivity contribution in [2.24, 2.45) is 0 Å². The van der Waals surface area contributed by atoms with E-state index in [1.54, 1.807) is 12.4 Å². The highest BCUT2D eigenvalue weighted by Gasteiger charge is 2.21. The zero-order valence-electron chi connectivity index (χ0n) is 21.3. The van der Waals surface area contributed by atoms with Gasteiger partial charge >= 0.3 is 5.97 Å². The van der Waals surface area contributed by atoms with Crippen LogP contribution in [0.1, 0.15) is 58.2 Å². The van der Waals surface area contributed by atoms with Crippen molar-refractivity contribution in [3.63, 3.8) is 0 Å². The molecular formula is C29H34N2O4S. The summed E-state index contributed by atoms with van der Waals surface area (Å²) in [6.07, 6.45) is 7.48. The zero-order chi connectivity index (χ0) is 26.3. The highest BCUT2D eigenvalue weighted by molar-refractivity contribution is 7.89. The molecule has 0 atom stereocenters. The first-order valence-electron chi connectivity index (χ1n) is 12.1. The lowest BCUT2D eigenvalue weighted by atomic mass is 9.96. The van der Waals surface area contributed by atoms with Gasteiger partial charge in [-0.05, 0) is 92.0 Å². The Morgan fingerprint density at radius 3 is 2.25 bits per heavy atom. The molecule has 0 spiro atoms. The Kier molecular flexibility index (Phi) is 9.18. The number of sulfonamides is 1. The van der Waals surface area contributed by atoms with Gasteiger partial charge in [-0.25, -0.2) is 13.1 Å². The number of hydrogen-bond acceptors (Lipinski definition) is 4. The van der Waals surface area contributed by atoms with E-state index in [2.05, 4.69) is 15.8 Å². The number of carboxylic acids is 1. The van der Waals surface area contributed by atoms with Crippen LogP contribution in [0.15, 0.2) is 65.8 Å². The summed E-state index contributed by atoms with van der Waals surface area (Å²) in [4.78, 5) is 15.4. The van der Waals surface area contributed by atoms with Crippen LogP contribution in [0, 0.1) is 27.7 Å². The molecule has 1 heterocycles. The molecule has 0 aliphatic carbocycles. The van der Waals surface area contributed by atoms with Crippen molar-refractivity contribution >= 4 is 21.6 Å². The Hall–Kier alpha value is -3.29. The second-order valence-corrected chi connectivity index (χ2v) is 10.8. The molecule has 0 saturated heterocycles. The van der Waals surface area contributed by atoms with Gasteiger partial charge < -0.3 is 5.11 Å². The van der Waals surface area contributed by atoms with E-state index >= 15 is 0 Å². The molecule has 0 aliphatic rings. The molecule has 6 nitrogen and oxygen atoms in total. The van der Waals surface area contributed by atoms with Crippen molar-refractivity contribution in [2.75, 3.05) is 6.54 Å². The molecule has 2 N–H and O–H groups in total. The van der Waals surface area contributed by atoms with Gasteiger partial charge in [-0.1, -0.05) is 42.5 Å². The Balaban J connectivity index is 1.71. The number of carboxylic acid groups (broad SMARTS) is 1. The van der Waals surface area contributed by atoms with Crippen molar-refractivity contribution in [1.29, 1.82) is 0 Å². The molecule has 0 amide bonds. The number of allylic oxidation sites excluding steroid dienone is 1. The summed E-state index contributed by atoms with van der Waals surface area (Å²) >= 11 is 0. The second-order valence-electron chi connectivity index (χ2n) is 9.08. The minimum Gasteiger partial charge on any atom is -0.481 e. The van der Waals surface area contributed by atoms with E-state index in [0.29, 0.717) is 30.7 Å². The topological polar surface area (TPSA) is 96.4 Å². The summed E-state index contributed by atoms with van der Waals surface area (Å²) in [5, 5.41) is 8.91. The van der Waals surface area contributed by atoms with Crippen LogP contribution >= 0.6 is 0 Å². The molecule has 1 aromatic heterocycles. The molecule has 2 aromatic carbocycles. The molecule has 0 radical (unpaired) electrons. The van der Waals surface area contributed by atoms with E-state index in [-0.39, 0.29) is 6.42 Å². The maximum absolute atomic E-state index is 13.1. The summed E-state index contributed by atoms with van der Waals surface area (Å²) in [6, 6.07) is 13.9. The first-order valence-corrected chi connectivity index (χ1v) is 13.6. The standard InChI is InChI=1S/C29H34N2O4S/c1-20-18-21(2)23(4)29(22(20)3)36(34,35)31-17-15-24-11-13-25(14-12-24)27(9-5-6-10-28(32)33)26-8-7-16-30-19-26/h7-9,11-14,16,18-19,31H,5-6,10,15,17H2,1-4H3,(H,32,33)/b27-9-. The fraction of sp³-hybridized carbons (Fsp3) is 0.310. The quantitative estimate of drug-likeness (QED) is 0.334. The summed E-state index contributed by atoms with van der Waals surface area (Å²) in [6.45, 7) is 7.87. The smallest absolute Gasteiger partial charge is 0.303 e. The van der Waals surface area contributed by atoms with Crippen LogP contribution in [0.5, 0.6) is 0 Å². The normalized spacial score (nSPS) is 12.1. The molecule has 36 heavy (non-hydrogen) atoms. The highest BCUT2D eigenvalue weighted by atomic mass is 32.2. The third kappa shape index (κ3) is 6.89. The lowest BCUT2D eigenvalue weighted by molar-refractivity contribution is -0.137. The maximum Gasteiger partial charge on any atom is 0.303 e. The number of unbranched alkanes of at least 4 members (excludes halogenated alkanes) is 1. The molecular weight excluding hydrogens is 472 g/mol. The van der Waals surface area contributed by atoms with Gasteiger partial charge in [-0.2, -0.15) is 0 Å². The number of benzene rings is 2. The van der Waals surface area contributed by atoms with Crippen LogP contribution in [0.2, 0.25) is 0 Å². The van der Waals surface area contributed by atoms with Crippen molar-refractivity contribution in [2.45, 2.75) is 58.3 Å². The SMILES string of the molecule is Cc1cc(C)c(C)c(S(=O)(=O)NCCc2ccc(/C(=C/CCCC(=O)O)c3cccnc3)cc2)c1C. The average molecular weight is 507 g/mol. The van der Waals surface area contributed by atoms with E-state index in [4.69, 9.17) is 5.11 Å². The largest absolute Gasteiger partial charge is 0.481 e. The molecule has 7 heteroatoms. The van der Waals surface area contributed by atoms with Gasteiger partial charge in [0, 0.05) is 30.9 Å². The number of carbonyl (C=O) groups is 1. The van der Waals surface area contributed by atoms with Crippen LogP contribution in [0.3, 0.4) is 0 Å². The minimum atomic E-state index is -3.62. The first kappa shape index (κ1) is 27.3. The van der Waals surface area contributed by atoms with Crippen molar-refractivity contribution in [1.82, 2.24) is 9.71 Å². The number of aryl methyl sites for hydroxylation is 2. The van der Waals surface area contributed by atoms with Crippen LogP contribution in [-0.2, 0) is 21.2 Å². The third-order valence-corrected chi connectivity index (χ3v) is 8.19. The molecule has 0 aliphatic heterocycles. The Bertz CT molecular complexity index is 1320. The number of pyridine rings is 1. The molecule has 3 aromatic rings. The van der Waals surface area contributed by atoms with Gasteiger partial charge in [0.1, 0.15) is 0 Å². The van der Waals surface area contributed by atoms with E-state index in [1.165, 1.54) is 0 Å². The van der Waals surface area contributed by atoms with Crippen molar-refractivity contribution in [3.05, 3.63) is 99.9 Å². The number of rotatable bonds is 11. The van der Waals surface area contributed by atoms with Gasteiger partial charge in [0.25, 0.3) is 0 Å². The fourth-order valence-corrected chi connectivity index (χ4v) is 5.90. The number of aliphatic carboxylic acids is 1. The van der Waals surface area contributed by atoms with E-state index < -0.39 is 16.0 Å². The van der Waals surface area contributed by atoms with Gasteiger partial charge in [0.05, 0.1) is 4.90 Å². The predicted molar refractivity (Wildman–Crippen MR) is 144 cm³/mol. The number of hydrogen-bond donors (Lipinski definition) is 2. The summed E-state index contributed by atoms with van der Waals surface area (Å²) in [5.74, 6) is -0.797. The van der Waals surface area contributed by atoms with Gasteiger partial charge in [-0.15, -0.1) is 0 Å². The fourth-order valence-electron chi connectivity index (χ4n) is 4.26. The molecule has 0 fully saturated rings. The predicted octanol–water partition coefficient (Wildman–Crippen LogP) is 5.52. The highest BCUT2D eigenvalue weighted by Crippen LogP contribution is 2.26. The molecule has 3 rings (SSSR count). The summed E-state index contributed by atoms with van der Waals surface area (Å²) in [7, 11) is -3.62. The molecule has 190 valence electrons. The monoisotopic (exact) mass is 506 g/mol. The number of aromatic nitrogens is 1. The summed E-state index contributed by atoms with van der Waals surface area (Å²) < 4.78 is 28.9. The molecule has 0 bridgehead atoms. The Morgan fingerprint density at radius 2 is 1.67 bits per heavy atom. The van der Waals surface area contributed by atoms with Gasteiger partial charge in [-0.3, -0.25) is 9.78 Å². The maximum atomic E-state index is 13.1. The zero-order valence-corrected chi connectivity index (χ0v) is 22.2. The summed E-state index contributed by atoms with van der Waals surface area (Å²) in [5.41, 5.74) is 7.50. The van der Waals surface area contributed by atoms with Crippen LogP contribution in [-0.4, -0.2) is 31.0 Å². The van der Waals surface area contributed by atoms with Crippen LogP contribution in [0.25, 0.3) is 5.57 Å². The van der Waals surface area contributed by atoms with Crippen molar-refractivity contribution < 1.29 is 18.3 Å². The van der Waals surface area contributed by atoms with Crippen molar-refractivity contribution in [3.8, 4) is 0 Å². The third-order valence-electron chi connectivity index (χ3n) is 6.45. The first-order chi connectivity index (χ1) is 17.1. The van der Waals surface area contributed by atoms with Crippen LogP contribution in [0.4, 0.5) is 0 Å². The lowest BCUT2D eigenvalue weighted by Crippen LogP contribution is -2.27. The lowest BCUT2D eigenvalue weighted by Gasteiger charge is -2.16. The number of nitrogens with zero attached hydrogens (tertiary/aromatic N) is 1. The van der Waals surface area contributed by atoms with Gasteiger partial charge in [0.2, 0.25) is 10.0 Å². The van der Waals surface area contributed by atoms with E-state index in [9.17, 15) is 13.2 Å². The van der Waals surface area contributed by atoms with E-state index in [1.807, 2.05) is 70.2 Å². The Labute approximate surface area is 214 Å². The van der Waals surface area contributed by atoms with Gasteiger partial charge in [0.15, 0.2) is 0 Å². The average Bonchev–Trinajstić information content (AvgIpc) is 2.84. The van der Waals surface area contributed by atoms with E-state index in [0.717, 1.165) is 44.5 Å².